The Morgan fingerprint density at radius 1 is 0.784 bits per heavy atom. The van der Waals surface area contributed by atoms with Crippen molar-refractivity contribution in [3.63, 3.8) is 0 Å². The fourth-order valence-electron chi connectivity index (χ4n) is 5.21. The monoisotopic (exact) mass is 740 g/mol. The van der Waals surface area contributed by atoms with Gasteiger partial charge in [-0.25, -0.2) is 8.42 Å². The Balaban J connectivity index is 1.88. The van der Waals surface area contributed by atoms with Gasteiger partial charge in [0.25, 0.3) is 11.8 Å². The van der Waals surface area contributed by atoms with E-state index in [1.54, 1.807) is 46.1 Å². The third kappa shape index (κ3) is 12.1. The van der Waals surface area contributed by atoms with E-state index >= 15 is 0 Å². The molecule has 0 bridgehead atoms. The Bertz CT molecular complexity index is 1800. The maximum absolute atomic E-state index is 13.9. The molecule has 51 heavy (non-hydrogen) atoms. The lowest BCUT2D eigenvalue weighted by Gasteiger charge is -2.27. The van der Waals surface area contributed by atoms with Gasteiger partial charge in [-0.2, -0.15) is 0 Å². The van der Waals surface area contributed by atoms with Crippen LogP contribution in [0.2, 0.25) is 5.02 Å². The lowest BCUT2D eigenvalue weighted by Crippen LogP contribution is -2.55. The van der Waals surface area contributed by atoms with Crippen LogP contribution in [0.4, 0.5) is 5.69 Å². The third-order valence-corrected chi connectivity index (χ3v) is 9.84. The molecular formula is C37H49ClN6O6S. The second-order valence-electron chi connectivity index (χ2n) is 13.2. The van der Waals surface area contributed by atoms with Gasteiger partial charge in [0.05, 0.1) is 24.0 Å². The van der Waals surface area contributed by atoms with E-state index in [2.05, 4.69) is 21.3 Å². The molecule has 0 saturated carbocycles. The summed E-state index contributed by atoms with van der Waals surface area (Å²) in [5.41, 5.74) is 1.97. The van der Waals surface area contributed by atoms with Crippen molar-refractivity contribution in [3.8, 4) is 0 Å². The Kier molecular flexibility index (Phi) is 14.6. The quantitative estimate of drug-likeness (QED) is 0.174. The summed E-state index contributed by atoms with van der Waals surface area (Å²) < 4.78 is 26.0. The molecule has 0 radical (unpaired) electrons. The molecule has 0 spiro atoms. The molecule has 4 amide bonds. The molecule has 0 aromatic heterocycles. The molecule has 3 aromatic carbocycles. The zero-order chi connectivity index (χ0) is 38.0. The Hall–Kier alpha value is -4.46. The third-order valence-electron chi connectivity index (χ3n) is 8.39. The molecule has 0 saturated heterocycles. The number of sulfonamides is 1. The summed E-state index contributed by atoms with van der Waals surface area (Å²) in [7, 11) is 0.864. The minimum absolute atomic E-state index is 0.0642. The van der Waals surface area contributed by atoms with E-state index in [0.717, 1.165) is 21.7 Å². The molecule has 14 heteroatoms. The lowest BCUT2D eigenvalue weighted by molar-refractivity contribution is -0.136. The summed E-state index contributed by atoms with van der Waals surface area (Å²) in [5, 5.41) is 12.4. The minimum Gasteiger partial charge on any atom is -0.348 e. The first-order chi connectivity index (χ1) is 23.9. The van der Waals surface area contributed by atoms with Gasteiger partial charge in [-0.1, -0.05) is 67.9 Å². The van der Waals surface area contributed by atoms with Crippen molar-refractivity contribution in [1.29, 1.82) is 0 Å². The molecule has 12 nitrogen and oxygen atoms in total. The van der Waals surface area contributed by atoms with E-state index in [4.69, 9.17) is 11.6 Å². The lowest BCUT2D eigenvalue weighted by atomic mass is 10.0. The number of nitrogens with zero attached hydrogens (tertiary/aromatic N) is 2. The number of hydrogen-bond donors (Lipinski definition) is 4. The van der Waals surface area contributed by atoms with Gasteiger partial charge in [-0.05, 0) is 67.6 Å². The number of amides is 4. The Morgan fingerprint density at radius 3 is 1.94 bits per heavy atom. The number of hydrogen-bond acceptors (Lipinski definition) is 7. The Morgan fingerprint density at radius 2 is 1.39 bits per heavy atom. The minimum atomic E-state index is -3.74. The average molecular weight is 741 g/mol. The summed E-state index contributed by atoms with van der Waals surface area (Å²) in [6, 6.07) is 18.4. The Labute approximate surface area is 306 Å². The highest BCUT2D eigenvalue weighted by atomic mass is 35.5. The molecule has 0 aliphatic heterocycles. The maximum Gasteiger partial charge on any atom is 0.251 e. The van der Waals surface area contributed by atoms with Gasteiger partial charge in [0.2, 0.25) is 21.8 Å². The van der Waals surface area contributed by atoms with Crippen molar-refractivity contribution in [2.45, 2.75) is 58.3 Å². The fraction of sp³-hybridized carbons (Fsp3) is 0.405. The molecule has 0 unspecified atom stereocenters. The van der Waals surface area contributed by atoms with Crippen molar-refractivity contribution in [3.05, 3.63) is 100 Å². The van der Waals surface area contributed by atoms with E-state index in [1.807, 2.05) is 50.2 Å². The predicted molar refractivity (Wildman–Crippen MR) is 201 cm³/mol. The molecule has 4 atom stereocenters. The van der Waals surface area contributed by atoms with Crippen LogP contribution >= 0.6 is 11.6 Å². The van der Waals surface area contributed by atoms with Crippen LogP contribution in [0.3, 0.4) is 0 Å². The first kappa shape index (κ1) is 41.0. The molecule has 0 heterocycles. The smallest absolute Gasteiger partial charge is 0.251 e. The van der Waals surface area contributed by atoms with Gasteiger partial charge in [-0.3, -0.25) is 23.5 Å². The van der Waals surface area contributed by atoms with E-state index in [0.29, 0.717) is 11.4 Å². The van der Waals surface area contributed by atoms with Crippen LogP contribution in [0.5, 0.6) is 0 Å². The zero-order valence-corrected chi connectivity index (χ0v) is 31.9. The highest BCUT2D eigenvalue weighted by Crippen LogP contribution is 2.23. The number of benzene rings is 3. The fourth-order valence-corrected chi connectivity index (χ4v) is 5.90. The van der Waals surface area contributed by atoms with Gasteiger partial charge in [0.1, 0.15) is 6.04 Å². The summed E-state index contributed by atoms with van der Waals surface area (Å²) >= 11 is 6.14. The number of anilines is 1. The summed E-state index contributed by atoms with van der Waals surface area (Å²) in [4.78, 5) is 54.6. The highest BCUT2D eigenvalue weighted by Gasteiger charge is 2.28. The second-order valence-corrected chi connectivity index (χ2v) is 15.7. The summed E-state index contributed by atoms with van der Waals surface area (Å²) in [6.07, 6.45) is 1.43. The number of rotatable bonds is 16. The van der Waals surface area contributed by atoms with E-state index in [1.165, 1.54) is 30.1 Å². The van der Waals surface area contributed by atoms with Crippen molar-refractivity contribution in [2.75, 3.05) is 38.2 Å². The molecular weight excluding hydrogens is 692 g/mol. The molecule has 0 fully saturated rings. The largest absolute Gasteiger partial charge is 0.348 e. The number of carbonyl (C=O) groups excluding carboxylic acids is 4. The second kappa shape index (κ2) is 18.2. The zero-order valence-electron chi connectivity index (χ0n) is 30.4. The van der Waals surface area contributed by atoms with Crippen LogP contribution in [0, 0.1) is 5.92 Å². The number of likely N-dealkylation sites (N-methyl/N-ethyl adjacent to an activating group) is 1. The van der Waals surface area contributed by atoms with Crippen LogP contribution in [-0.2, 0) is 26.0 Å². The van der Waals surface area contributed by atoms with Crippen molar-refractivity contribution < 1.29 is 27.6 Å². The normalized spacial score (nSPS) is 13.8. The van der Waals surface area contributed by atoms with Crippen LogP contribution in [0.25, 0.3) is 0 Å². The number of halogens is 1. The molecule has 4 N–H and O–H groups in total. The SMILES string of the molecule is CC(C)[C@H](NC(=O)[C@H](C)NC[C@H](Cc1ccccc1)NC(=O)c1cc(C(=O)N[C@H](C)c2cccc(Cl)c2)cc(N(C)S(C)(=O)=O)c1)C(=O)N(C)C. The van der Waals surface area contributed by atoms with Gasteiger partial charge in [-0.15, -0.1) is 0 Å². The molecule has 3 aromatic rings. The van der Waals surface area contributed by atoms with Crippen molar-refractivity contribution >= 4 is 50.9 Å². The summed E-state index contributed by atoms with van der Waals surface area (Å²) in [5.74, 6) is -1.78. The van der Waals surface area contributed by atoms with Gasteiger partial charge in [0, 0.05) is 49.9 Å². The van der Waals surface area contributed by atoms with Crippen LogP contribution in [-0.4, -0.2) is 89.0 Å². The van der Waals surface area contributed by atoms with Crippen LogP contribution in [0.1, 0.15) is 65.6 Å². The molecule has 3 rings (SSSR count). The van der Waals surface area contributed by atoms with E-state index in [-0.39, 0.29) is 41.1 Å². The summed E-state index contributed by atoms with van der Waals surface area (Å²) in [6.45, 7) is 7.35. The van der Waals surface area contributed by atoms with Gasteiger partial charge >= 0.3 is 0 Å². The highest BCUT2D eigenvalue weighted by molar-refractivity contribution is 7.92. The first-order valence-electron chi connectivity index (χ1n) is 16.6. The number of carbonyl (C=O) groups is 4. The van der Waals surface area contributed by atoms with Gasteiger partial charge in [0.15, 0.2) is 0 Å². The number of nitrogens with one attached hydrogen (secondary N) is 4. The molecule has 276 valence electrons. The van der Waals surface area contributed by atoms with Crippen molar-refractivity contribution in [2.24, 2.45) is 5.92 Å². The first-order valence-corrected chi connectivity index (χ1v) is 18.8. The van der Waals surface area contributed by atoms with Crippen LogP contribution in [0.15, 0.2) is 72.8 Å². The topological polar surface area (TPSA) is 157 Å². The molecule has 0 aliphatic rings. The standard InChI is InChI=1S/C37H49ClN6O6S/c1-23(2)33(37(48)43(5)6)42-34(45)25(4)39-22-31(17-26-13-10-9-11-14-26)41-36(47)29-18-28(20-32(21-29)44(7)51(8,49)50)35(46)40-24(3)27-15-12-16-30(38)19-27/h9-16,18-21,23-25,31,33,39H,17,22H2,1-8H3,(H,40,46)(H,41,47)(H,42,45)/t24-,25+,31+,33+/m1/s1. The van der Waals surface area contributed by atoms with Gasteiger partial charge < -0.3 is 26.2 Å². The molecule has 0 aliphatic carbocycles. The maximum atomic E-state index is 13.9. The van der Waals surface area contributed by atoms with E-state index in [9.17, 15) is 27.6 Å². The average Bonchev–Trinajstić information content (AvgIpc) is 3.08. The van der Waals surface area contributed by atoms with Crippen molar-refractivity contribution in [1.82, 2.24) is 26.2 Å². The van der Waals surface area contributed by atoms with E-state index < -0.39 is 46.0 Å². The predicted octanol–water partition coefficient (Wildman–Crippen LogP) is 3.78. The van der Waals surface area contributed by atoms with Crippen LogP contribution < -0.4 is 25.6 Å².